The first kappa shape index (κ1) is 14.6. The van der Waals surface area contributed by atoms with Crippen LogP contribution in [-0.2, 0) is 0 Å². The first-order valence-electron chi connectivity index (χ1n) is 7.23. The van der Waals surface area contributed by atoms with Gasteiger partial charge in [0, 0.05) is 18.7 Å². The van der Waals surface area contributed by atoms with Gasteiger partial charge >= 0.3 is 0 Å². The zero-order valence-corrected chi connectivity index (χ0v) is 12.3. The minimum absolute atomic E-state index is 0.0875. The SMILES string of the molecule is O=C(c1ccc(F)c(F)c1)N1CC(c2nc(-c3ccco3)no2)C1. The van der Waals surface area contributed by atoms with Crippen LogP contribution in [0.3, 0.4) is 0 Å². The Morgan fingerprint density at radius 3 is 2.75 bits per heavy atom. The molecular weight excluding hydrogens is 320 g/mol. The molecule has 1 amide bonds. The number of nitrogens with zero attached hydrogens (tertiary/aromatic N) is 3. The van der Waals surface area contributed by atoms with Crippen LogP contribution in [0.5, 0.6) is 0 Å². The van der Waals surface area contributed by atoms with Gasteiger partial charge in [0.05, 0.1) is 12.2 Å². The smallest absolute Gasteiger partial charge is 0.254 e. The third-order valence-electron chi connectivity index (χ3n) is 3.87. The second kappa shape index (κ2) is 5.55. The van der Waals surface area contributed by atoms with Gasteiger partial charge < -0.3 is 13.8 Å². The lowest BCUT2D eigenvalue weighted by Gasteiger charge is -2.37. The number of aromatic nitrogens is 2. The quantitative estimate of drug-likeness (QED) is 0.738. The molecule has 0 unspecified atom stereocenters. The van der Waals surface area contributed by atoms with E-state index in [1.807, 2.05) is 0 Å². The topological polar surface area (TPSA) is 72.4 Å². The lowest BCUT2D eigenvalue weighted by molar-refractivity contribution is 0.0568. The highest BCUT2D eigenvalue weighted by Crippen LogP contribution is 2.29. The number of rotatable bonds is 3. The molecule has 1 fully saturated rings. The van der Waals surface area contributed by atoms with Gasteiger partial charge in [-0.05, 0) is 30.3 Å². The Balaban J connectivity index is 1.42. The van der Waals surface area contributed by atoms with E-state index in [1.54, 1.807) is 12.1 Å². The Kier molecular flexibility index (Phi) is 3.37. The van der Waals surface area contributed by atoms with E-state index in [2.05, 4.69) is 10.1 Å². The van der Waals surface area contributed by atoms with Gasteiger partial charge in [0.1, 0.15) is 0 Å². The molecule has 24 heavy (non-hydrogen) atoms. The molecule has 1 aromatic carbocycles. The molecule has 122 valence electrons. The molecule has 4 rings (SSSR count). The Morgan fingerprint density at radius 2 is 2.04 bits per heavy atom. The monoisotopic (exact) mass is 331 g/mol. The van der Waals surface area contributed by atoms with E-state index in [-0.39, 0.29) is 17.4 Å². The van der Waals surface area contributed by atoms with Crippen molar-refractivity contribution in [3.8, 4) is 11.6 Å². The largest absolute Gasteiger partial charge is 0.461 e. The number of carbonyl (C=O) groups excluding carboxylic acids is 1. The average molecular weight is 331 g/mol. The summed E-state index contributed by atoms with van der Waals surface area (Å²) in [6.07, 6.45) is 1.51. The molecule has 0 atom stereocenters. The molecule has 0 saturated carbocycles. The van der Waals surface area contributed by atoms with Crippen molar-refractivity contribution in [3.63, 3.8) is 0 Å². The first-order chi connectivity index (χ1) is 11.6. The maximum Gasteiger partial charge on any atom is 0.254 e. The van der Waals surface area contributed by atoms with Crippen LogP contribution in [-0.4, -0.2) is 34.0 Å². The van der Waals surface area contributed by atoms with Crippen LogP contribution in [0.2, 0.25) is 0 Å². The van der Waals surface area contributed by atoms with Crippen LogP contribution in [0, 0.1) is 11.6 Å². The van der Waals surface area contributed by atoms with Gasteiger partial charge in [-0.2, -0.15) is 4.98 Å². The fraction of sp³-hybridized carbons (Fsp3) is 0.188. The molecule has 8 heteroatoms. The highest BCUT2D eigenvalue weighted by Gasteiger charge is 2.36. The standard InChI is InChI=1S/C16H11F2N3O3/c17-11-4-3-9(6-12(11)18)16(22)21-7-10(8-21)15-19-14(20-24-15)13-2-1-5-23-13/h1-6,10H,7-8H2. The summed E-state index contributed by atoms with van der Waals surface area (Å²) >= 11 is 0. The Morgan fingerprint density at radius 1 is 1.21 bits per heavy atom. The van der Waals surface area contributed by atoms with E-state index in [9.17, 15) is 13.6 Å². The van der Waals surface area contributed by atoms with Gasteiger partial charge in [-0.15, -0.1) is 0 Å². The third kappa shape index (κ3) is 2.45. The van der Waals surface area contributed by atoms with Crippen LogP contribution < -0.4 is 0 Å². The summed E-state index contributed by atoms with van der Waals surface area (Å²) in [5.74, 6) is -1.22. The highest BCUT2D eigenvalue weighted by molar-refractivity contribution is 5.94. The Hall–Kier alpha value is -3.03. The molecule has 0 radical (unpaired) electrons. The zero-order chi connectivity index (χ0) is 16.7. The predicted molar refractivity (Wildman–Crippen MR) is 77.0 cm³/mol. The van der Waals surface area contributed by atoms with E-state index in [1.165, 1.54) is 17.2 Å². The summed E-state index contributed by atoms with van der Waals surface area (Å²) in [5, 5.41) is 3.84. The van der Waals surface area contributed by atoms with Crippen molar-refractivity contribution in [2.75, 3.05) is 13.1 Å². The summed E-state index contributed by atoms with van der Waals surface area (Å²) in [7, 11) is 0. The molecule has 1 aliphatic heterocycles. The van der Waals surface area contributed by atoms with Crippen molar-refractivity contribution >= 4 is 5.91 Å². The van der Waals surface area contributed by atoms with Gasteiger partial charge in [0.15, 0.2) is 17.4 Å². The number of hydrogen-bond donors (Lipinski definition) is 0. The summed E-state index contributed by atoms with van der Waals surface area (Å²) in [6, 6.07) is 6.53. The molecule has 0 aliphatic carbocycles. The molecular formula is C16H11F2N3O3. The molecule has 0 spiro atoms. The van der Waals surface area contributed by atoms with E-state index in [4.69, 9.17) is 8.94 Å². The average Bonchev–Trinajstić information content (AvgIpc) is 3.19. The summed E-state index contributed by atoms with van der Waals surface area (Å²) < 4.78 is 36.5. The van der Waals surface area contributed by atoms with Crippen LogP contribution in [0.25, 0.3) is 11.6 Å². The number of carbonyl (C=O) groups is 1. The number of amides is 1. The van der Waals surface area contributed by atoms with Gasteiger partial charge in [0.2, 0.25) is 11.7 Å². The Labute approximate surface area is 134 Å². The maximum absolute atomic E-state index is 13.2. The highest BCUT2D eigenvalue weighted by atomic mass is 19.2. The van der Waals surface area contributed by atoms with Crippen molar-refractivity contribution in [3.05, 3.63) is 59.7 Å². The molecule has 1 saturated heterocycles. The number of likely N-dealkylation sites (tertiary alicyclic amines) is 1. The molecule has 3 aromatic rings. The minimum Gasteiger partial charge on any atom is -0.461 e. The summed E-state index contributed by atoms with van der Waals surface area (Å²) in [4.78, 5) is 18.0. The number of halogens is 2. The fourth-order valence-corrected chi connectivity index (χ4v) is 2.52. The lowest BCUT2D eigenvalue weighted by Crippen LogP contribution is -2.48. The van der Waals surface area contributed by atoms with E-state index in [0.29, 0.717) is 30.6 Å². The number of hydrogen-bond acceptors (Lipinski definition) is 5. The fourth-order valence-electron chi connectivity index (χ4n) is 2.52. The van der Waals surface area contributed by atoms with E-state index < -0.39 is 11.6 Å². The molecule has 6 nitrogen and oxygen atoms in total. The van der Waals surface area contributed by atoms with Crippen molar-refractivity contribution in [2.24, 2.45) is 0 Å². The second-order valence-corrected chi connectivity index (χ2v) is 5.47. The molecule has 2 aromatic heterocycles. The van der Waals surface area contributed by atoms with Crippen molar-refractivity contribution in [2.45, 2.75) is 5.92 Å². The van der Waals surface area contributed by atoms with Gasteiger partial charge in [-0.3, -0.25) is 4.79 Å². The van der Waals surface area contributed by atoms with Gasteiger partial charge in [0.25, 0.3) is 5.91 Å². The lowest BCUT2D eigenvalue weighted by atomic mass is 9.98. The van der Waals surface area contributed by atoms with Crippen molar-refractivity contribution in [1.82, 2.24) is 15.0 Å². The third-order valence-corrected chi connectivity index (χ3v) is 3.87. The molecule has 3 heterocycles. The number of benzene rings is 1. The van der Waals surface area contributed by atoms with Crippen LogP contribution in [0.1, 0.15) is 22.2 Å². The minimum atomic E-state index is -1.04. The van der Waals surface area contributed by atoms with Gasteiger partial charge in [-0.1, -0.05) is 5.16 Å². The van der Waals surface area contributed by atoms with Gasteiger partial charge in [-0.25, -0.2) is 8.78 Å². The number of furan rings is 1. The summed E-state index contributed by atoms with van der Waals surface area (Å²) in [5.41, 5.74) is 0.106. The molecule has 0 bridgehead atoms. The van der Waals surface area contributed by atoms with Crippen LogP contribution >= 0.6 is 0 Å². The maximum atomic E-state index is 13.2. The van der Waals surface area contributed by atoms with Crippen molar-refractivity contribution in [1.29, 1.82) is 0 Å². The normalized spacial score (nSPS) is 14.7. The summed E-state index contributed by atoms with van der Waals surface area (Å²) in [6.45, 7) is 0.745. The molecule has 0 N–H and O–H groups in total. The zero-order valence-electron chi connectivity index (χ0n) is 12.3. The molecule has 1 aliphatic rings. The Bertz CT molecular complexity index is 886. The van der Waals surface area contributed by atoms with Crippen molar-refractivity contribution < 1.29 is 22.5 Å². The predicted octanol–water partition coefficient (Wildman–Crippen LogP) is 2.85. The second-order valence-electron chi connectivity index (χ2n) is 5.47. The first-order valence-corrected chi connectivity index (χ1v) is 7.23. The van der Waals surface area contributed by atoms with Crippen LogP contribution in [0.15, 0.2) is 45.5 Å². The van der Waals surface area contributed by atoms with E-state index >= 15 is 0 Å². The van der Waals surface area contributed by atoms with E-state index in [0.717, 1.165) is 12.1 Å². The van der Waals surface area contributed by atoms with Crippen LogP contribution in [0.4, 0.5) is 8.78 Å².